The van der Waals surface area contributed by atoms with E-state index in [2.05, 4.69) is 35.1 Å². The highest BCUT2D eigenvalue weighted by Gasteiger charge is 2.14. The maximum absolute atomic E-state index is 12.0. The third-order valence-electron chi connectivity index (χ3n) is 3.82. The van der Waals surface area contributed by atoms with E-state index < -0.39 is 0 Å². The van der Waals surface area contributed by atoms with Gasteiger partial charge in [0, 0.05) is 19.3 Å². The Labute approximate surface area is 126 Å². The van der Waals surface area contributed by atoms with Gasteiger partial charge < -0.3 is 10.1 Å². The molecule has 1 unspecified atom stereocenters. The summed E-state index contributed by atoms with van der Waals surface area (Å²) in [5.74, 6) is 1.13. The van der Waals surface area contributed by atoms with Gasteiger partial charge >= 0.3 is 0 Å². The van der Waals surface area contributed by atoms with Gasteiger partial charge in [0.1, 0.15) is 5.82 Å². The molecule has 1 aromatic rings. The fraction of sp³-hybridized carbons (Fsp3) is 0.625. The van der Waals surface area contributed by atoms with Crippen LogP contribution in [0.25, 0.3) is 0 Å². The van der Waals surface area contributed by atoms with E-state index in [1.807, 2.05) is 12.3 Å². The Bertz CT molecular complexity index is 441. The Morgan fingerprint density at radius 1 is 1.43 bits per heavy atom. The number of nitrogens with one attached hydrogen (secondary N) is 1. The summed E-state index contributed by atoms with van der Waals surface area (Å²) >= 11 is 0. The van der Waals surface area contributed by atoms with Crippen LogP contribution < -0.4 is 5.32 Å². The summed E-state index contributed by atoms with van der Waals surface area (Å²) in [6.45, 7) is 7.83. The van der Waals surface area contributed by atoms with E-state index in [0.29, 0.717) is 31.5 Å². The SMILES string of the molecule is CCCC(C)c1ccc(NC(=O)CN2CCOCC2)nc1. The third kappa shape index (κ3) is 5.10. The minimum absolute atomic E-state index is 0.0150. The second-order valence-corrected chi connectivity index (χ2v) is 5.60. The molecule has 0 saturated carbocycles. The molecular formula is C16H25N3O2. The average molecular weight is 291 g/mol. The molecule has 1 aliphatic rings. The second-order valence-electron chi connectivity index (χ2n) is 5.60. The predicted molar refractivity (Wildman–Crippen MR) is 83.4 cm³/mol. The number of carbonyl (C=O) groups excluding carboxylic acids is 1. The second kappa shape index (κ2) is 8.10. The zero-order chi connectivity index (χ0) is 15.1. The predicted octanol–water partition coefficient (Wildman–Crippen LogP) is 2.26. The first-order valence-corrected chi connectivity index (χ1v) is 7.75. The Kier molecular flexibility index (Phi) is 6.14. The number of rotatable bonds is 6. The van der Waals surface area contributed by atoms with Crippen LogP contribution in [-0.2, 0) is 9.53 Å². The minimum Gasteiger partial charge on any atom is -0.379 e. The van der Waals surface area contributed by atoms with Crippen molar-refractivity contribution in [3.8, 4) is 0 Å². The zero-order valence-electron chi connectivity index (χ0n) is 13.0. The molecule has 1 atom stereocenters. The van der Waals surface area contributed by atoms with Crippen LogP contribution in [0, 0.1) is 0 Å². The number of aromatic nitrogens is 1. The van der Waals surface area contributed by atoms with Crippen molar-refractivity contribution in [1.82, 2.24) is 9.88 Å². The number of carbonyl (C=O) groups is 1. The van der Waals surface area contributed by atoms with E-state index >= 15 is 0 Å². The Morgan fingerprint density at radius 3 is 2.81 bits per heavy atom. The molecular weight excluding hydrogens is 266 g/mol. The van der Waals surface area contributed by atoms with Gasteiger partial charge in [0.25, 0.3) is 0 Å². The largest absolute Gasteiger partial charge is 0.379 e. The van der Waals surface area contributed by atoms with E-state index in [4.69, 9.17) is 4.74 Å². The molecule has 1 aliphatic heterocycles. The highest BCUT2D eigenvalue weighted by Crippen LogP contribution is 2.20. The van der Waals surface area contributed by atoms with Crippen LogP contribution in [0.3, 0.4) is 0 Å². The van der Waals surface area contributed by atoms with E-state index in [9.17, 15) is 4.79 Å². The number of anilines is 1. The lowest BCUT2D eigenvalue weighted by atomic mass is 9.98. The fourth-order valence-electron chi connectivity index (χ4n) is 2.52. The average Bonchev–Trinajstić information content (AvgIpc) is 2.49. The highest BCUT2D eigenvalue weighted by atomic mass is 16.5. The van der Waals surface area contributed by atoms with E-state index in [-0.39, 0.29) is 5.91 Å². The number of ether oxygens (including phenoxy) is 1. The number of hydrogen-bond donors (Lipinski definition) is 1. The molecule has 1 aromatic heterocycles. The van der Waals surface area contributed by atoms with Gasteiger partial charge in [-0.3, -0.25) is 9.69 Å². The van der Waals surface area contributed by atoms with Crippen molar-refractivity contribution in [3.05, 3.63) is 23.9 Å². The molecule has 2 heterocycles. The molecule has 1 N–H and O–H groups in total. The van der Waals surface area contributed by atoms with E-state index in [0.717, 1.165) is 19.5 Å². The van der Waals surface area contributed by atoms with Crippen LogP contribution in [0.1, 0.15) is 38.2 Å². The Hall–Kier alpha value is -1.46. The van der Waals surface area contributed by atoms with Crippen LogP contribution >= 0.6 is 0 Å². The first-order chi connectivity index (χ1) is 10.2. The van der Waals surface area contributed by atoms with Crippen LogP contribution in [0.2, 0.25) is 0 Å². The van der Waals surface area contributed by atoms with Gasteiger partial charge in [-0.15, -0.1) is 0 Å². The fourth-order valence-corrected chi connectivity index (χ4v) is 2.52. The summed E-state index contributed by atoms with van der Waals surface area (Å²) in [6, 6.07) is 3.94. The van der Waals surface area contributed by atoms with Gasteiger partial charge in [0.05, 0.1) is 19.8 Å². The van der Waals surface area contributed by atoms with E-state index in [1.54, 1.807) is 0 Å². The summed E-state index contributed by atoms with van der Waals surface area (Å²) < 4.78 is 5.27. The standard InChI is InChI=1S/C16H25N3O2/c1-3-4-13(2)14-5-6-15(17-11-14)18-16(20)12-19-7-9-21-10-8-19/h5-6,11,13H,3-4,7-10,12H2,1-2H3,(H,17,18,20). The summed E-state index contributed by atoms with van der Waals surface area (Å²) in [5.41, 5.74) is 1.23. The van der Waals surface area contributed by atoms with E-state index in [1.165, 1.54) is 12.0 Å². The first kappa shape index (κ1) is 15.9. The summed E-state index contributed by atoms with van der Waals surface area (Å²) in [6.07, 6.45) is 4.19. The van der Waals surface area contributed by atoms with Gasteiger partial charge in [-0.1, -0.05) is 26.3 Å². The van der Waals surface area contributed by atoms with Crippen molar-refractivity contribution >= 4 is 11.7 Å². The van der Waals surface area contributed by atoms with Crippen molar-refractivity contribution < 1.29 is 9.53 Å². The van der Waals surface area contributed by atoms with Crippen molar-refractivity contribution in [1.29, 1.82) is 0 Å². The summed E-state index contributed by atoms with van der Waals surface area (Å²) in [5, 5.41) is 2.85. The molecule has 1 amide bonds. The summed E-state index contributed by atoms with van der Waals surface area (Å²) in [7, 11) is 0. The number of hydrogen-bond acceptors (Lipinski definition) is 4. The minimum atomic E-state index is -0.0150. The molecule has 21 heavy (non-hydrogen) atoms. The lowest BCUT2D eigenvalue weighted by Gasteiger charge is -2.25. The smallest absolute Gasteiger partial charge is 0.239 e. The molecule has 0 aromatic carbocycles. The van der Waals surface area contributed by atoms with Crippen molar-refractivity contribution in [2.75, 3.05) is 38.2 Å². The molecule has 2 rings (SSSR count). The number of amides is 1. The zero-order valence-corrected chi connectivity index (χ0v) is 13.0. The van der Waals surface area contributed by atoms with Gasteiger partial charge in [0.2, 0.25) is 5.91 Å². The molecule has 5 heteroatoms. The monoisotopic (exact) mass is 291 g/mol. The van der Waals surface area contributed by atoms with Crippen molar-refractivity contribution in [3.63, 3.8) is 0 Å². The first-order valence-electron chi connectivity index (χ1n) is 7.75. The normalized spacial score (nSPS) is 17.4. The number of morpholine rings is 1. The van der Waals surface area contributed by atoms with Crippen LogP contribution in [0.15, 0.2) is 18.3 Å². The number of nitrogens with zero attached hydrogens (tertiary/aromatic N) is 2. The van der Waals surface area contributed by atoms with Gasteiger partial charge in [-0.25, -0.2) is 4.98 Å². The molecule has 1 fully saturated rings. The van der Waals surface area contributed by atoms with Crippen LogP contribution in [0.4, 0.5) is 5.82 Å². The molecule has 0 bridgehead atoms. The van der Waals surface area contributed by atoms with Crippen LogP contribution in [-0.4, -0.2) is 48.6 Å². The number of pyridine rings is 1. The Balaban J connectivity index is 1.83. The quantitative estimate of drug-likeness (QED) is 0.873. The van der Waals surface area contributed by atoms with Gasteiger partial charge in [-0.2, -0.15) is 0 Å². The molecule has 0 aliphatic carbocycles. The maximum atomic E-state index is 12.0. The third-order valence-corrected chi connectivity index (χ3v) is 3.82. The lowest BCUT2D eigenvalue weighted by Crippen LogP contribution is -2.41. The van der Waals surface area contributed by atoms with Crippen molar-refractivity contribution in [2.24, 2.45) is 0 Å². The van der Waals surface area contributed by atoms with Crippen molar-refractivity contribution in [2.45, 2.75) is 32.6 Å². The molecule has 0 radical (unpaired) electrons. The Morgan fingerprint density at radius 2 is 2.19 bits per heavy atom. The molecule has 5 nitrogen and oxygen atoms in total. The highest BCUT2D eigenvalue weighted by molar-refractivity contribution is 5.91. The maximum Gasteiger partial charge on any atom is 0.239 e. The van der Waals surface area contributed by atoms with Gasteiger partial charge in [-0.05, 0) is 24.0 Å². The lowest BCUT2D eigenvalue weighted by molar-refractivity contribution is -0.118. The van der Waals surface area contributed by atoms with Crippen LogP contribution in [0.5, 0.6) is 0 Å². The molecule has 1 saturated heterocycles. The summed E-state index contributed by atoms with van der Waals surface area (Å²) in [4.78, 5) is 18.4. The molecule has 0 spiro atoms. The topological polar surface area (TPSA) is 54.5 Å². The van der Waals surface area contributed by atoms with Gasteiger partial charge in [0.15, 0.2) is 0 Å². The molecule has 116 valence electrons.